The van der Waals surface area contributed by atoms with E-state index in [2.05, 4.69) is 146 Å². The minimum absolute atomic E-state index is 0.169. The zero-order chi connectivity index (χ0) is 66.8. The SMILES string of the molecule is C=CCCCCc1ccc2c(C)c3ccccc3c(C)c2c1.C=CCCCOc1cc(C)cc2c(OCCCC=C)cc(C)cc12.C=CCCOc1cc2c(cc1C)oc1cc(C)c(OCCC=C)cc12.C=CCOc1cc(C)cc2c(OCC=C(F)F)cc(C)cc12. The molecule has 0 aliphatic rings. The molecule has 0 saturated carbocycles. The summed E-state index contributed by atoms with van der Waals surface area (Å²) in [5, 5.41) is 11.6. The molecule has 10 rings (SSSR count). The molecular weight excluding hydrogens is 1160 g/mol. The summed E-state index contributed by atoms with van der Waals surface area (Å²) in [6, 6.07) is 40.2. The molecule has 0 aliphatic carbocycles. The van der Waals surface area contributed by atoms with Crippen molar-refractivity contribution in [1.29, 1.82) is 0 Å². The first-order chi connectivity index (χ1) is 45.0. The Kier molecular flexibility index (Phi) is 27.6. The zero-order valence-electron chi connectivity index (χ0n) is 56.2. The molecule has 7 nitrogen and oxygen atoms in total. The van der Waals surface area contributed by atoms with Gasteiger partial charge in [0.25, 0.3) is 6.08 Å². The van der Waals surface area contributed by atoms with E-state index in [1.807, 2.05) is 94.5 Å². The molecule has 93 heavy (non-hydrogen) atoms. The van der Waals surface area contributed by atoms with E-state index in [1.54, 1.807) is 6.08 Å². The van der Waals surface area contributed by atoms with Gasteiger partial charge in [-0.3, -0.25) is 0 Å². The number of allylic oxidation sites excluding steroid dienone is 3. The third-order valence-corrected chi connectivity index (χ3v) is 16.0. The van der Waals surface area contributed by atoms with Crippen molar-refractivity contribution in [3.63, 3.8) is 0 Å². The van der Waals surface area contributed by atoms with Crippen LogP contribution < -0.4 is 28.4 Å². The first kappa shape index (κ1) is 71.1. The summed E-state index contributed by atoms with van der Waals surface area (Å²) in [6.45, 7) is 41.9. The van der Waals surface area contributed by atoms with Crippen molar-refractivity contribution in [3.05, 3.63) is 253 Å². The number of hydrogen-bond acceptors (Lipinski definition) is 7. The minimum atomic E-state index is -1.75. The van der Waals surface area contributed by atoms with E-state index < -0.39 is 6.08 Å². The number of fused-ring (bicyclic) bond motifs is 7. The van der Waals surface area contributed by atoms with Gasteiger partial charge in [0.1, 0.15) is 58.9 Å². The summed E-state index contributed by atoms with van der Waals surface area (Å²) in [7, 11) is 0. The maximum absolute atomic E-state index is 12.2. The van der Waals surface area contributed by atoms with E-state index in [0.29, 0.717) is 38.8 Å². The molecule has 1 aromatic heterocycles. The lowest BCUT2D eigenvalue weighted by Gasteiger charge is -2.15. The molecule has 0 fully saturated rings. The molecule has 0 N–H and O–H groups in total. The average molecular weight is 1250 g/mol. The third kappa shape index (κ3) is 19.8. The summed E-state index contributed by atoms with van der Waals surface area (Å²) < 4.78 is 65.4. The molecule has 0 aliphatic heterocycles. The van der Waals surface area contributed by atoms with Gasteiger partial charge in [0.2, 0.25) is 0 Å². The third-order valence-electron chi connectivity index (χ3n) is 16.0. The molecular formula is C84H94F2O7. The molecule has 0 atom stereocenters. The highest BCUT2D eigenvalue weighted by Gasteiger charge is 2.16. The Morgan fingerprint density at radius 2 is 0.753 bits per heavy atom. The number of ether oxygens (including phenoxy) is 6. The predicted molar refractivity (Wildman–Crippen MR) is 391 cm³/mol. The maximum atomic E-state index is 12.2. The Labute approximate surface area is 551 Å². The van der Waals surface area contributed by atoms with E-state index in [9.17, 15) is 8.78 Å². The smallest absolute Gasteiger partial charge is 0.269 e. The second-order valence-electron chi connectivity index (χ2n) is 23.6. The fraction of sp³-hybridized carbons (Fsp3) is 0.286. The first-order valence-electron chi connectivity index (χ1n) is 32.4. The van der Waals surface area contributed by atoms with Crippen LogP contribution in [0.25, 0.3) is 65.0 Å². The average Bonchev–Trinajstić information content (AvgIpc) is 1.76. The van der Waals surface area contributed by atoms with Crippen molar-refractivity contribution in [2.24, 2.45) is 0 Å². The molecule has 9 heteroatoms. The predicted octanol–water partition coefficient (Wildman–Crippen LogP) is 23.9. The highest BCUT2D eigenvalue weighted by atomic mass is 19.3. The molecule has 0 spiro atoms. The summed E-state index contributed by atoms with van der Waals surface area (Å²) in [5.74, 6) is 4.94. The lowest BCUT2D eigenvalue weighted by molar-refractivity contribution is 0.312. The van der Waals surface area contributed by atoms with Crippen LogP contribution in [0.15, 0.2) is 208 Å². The van der Waals surface area contributed by atoms with Crippen molar-refractivity contribution in [2.75, 3.05) is 39.6 Å². The number of aryl methyl sites for hydroxylation is 9. The van der Waals surface area contributed by atoms with Crippen molar-refractivity contribution < 1.29 is 41.6 Å². The van der Waals surface area contributed by atoms with E-state index in [0.717, 1.165) is 152 Å². The second-order valence-corrected chi connectivity index (χ2v) is 23.6. The minimum Gasteiger partial charge on any atom is -0.493 e. The maximum Gasteiger partial charge on any atom is 0.269 e. The Morgan fingerprint density at radius 1 is 0.355 bits per heavy atom. The number of halogens is 2. The van der Waals surface area contributed by atoms with Crippen molar-refractivity contribution in [3.8, 4) is 34.5 Å². The van der Waals surface area contributed by atoms with Crippen LogP contribution in [0.2, 0.25) is 0 Å². The van der Waals surface area contributed by atoms with Crippen LogP contribution in [0.3, 0.4) is 0 Å². The molecule has 0 unspecified atom stereocenters. The Hall–Kier alpha value is -9.34. The van der Waals surface area contributed by atoms with Gasteiger partial charge in [-0.15, -0.1) is 32.9 Å². The van der Waals surface area contributed by atoms with Crippen molar-refractivity contribution in [1.82, 2.24) is 0 Å². The number of rotatable bonds is 29. The molecule has 1 heterocycles. The van der Waals surface area contributed by atoms with Crippen LogP contribution in [0.4, 0.5) is 8.78 Å². The number of unbranched alkanes of at least 4 members (excludes halogenated alkanes) is 4. The molecule has 0 bridgehead atoms. The lowest BCUT2D eigenvalue weighted by Crippen LogP contribution is -2.00. The molecule has 9 aromatic carbocycles. The number of hydrogen-bond donors (Lipinski definition) is 0. The standard InChI is InChI=1S/C22H24O3.C22H28O2.C22H24.C18H18F2O2/c1-5-7-9-23-19-13-17-18-14-20(24-10-8-6-2)16(4)12-22(18)25-21(17)11-15(19)3;1-5-7-9-11-23-21-15-17(3)14-20-19(21)13-18(4)16-22(20)24-12-10-8-6-2;1-4-5-6-7-10-18-13-14-21-16(2)19-11-8-9-12-20(19)17(3)22(21)15-18;1-4-6-21-16-10-12(2)9-15-14(16)8-13(3)11-17(15)22-7-5-18(19)20/h5-6,11-14H,1-2,7-10H2,3-4H3;5-6,13-16H,1-2,7-12H2,3-4H3;4,8-9,11-15H,1,5-7,10H2,2-3H3;4-5,8-11H,1,6-7H2,2-3H3. The quantitative estimate of drug-likeness (QED) is 0.0263. The van der Waals surface area contributed by atoms with E-state index in [1.165, 1.54) is 62.2 Å². The van der Waals surface area contributed by atoms with Gasteiger partial charge in [0.05, 0.1) is 26.4 Å². The summed E-state index contributed by atoms with van der Waals surface area (Å²) in [6.07, 6.45) is 20.6. The van der Waals surface area contributed by atoms with Gasteiger partial charge in [-0.2, -0.15) is 8.78 Å². The number of benzene rings is 9. The topological polar surface area (TPSA) is 68.5 Å². The Morgan fingerprint density at radius 3 is 1.18 bits per heavy atom. The van der Waals surface area contributed by atoms with Gasteiger partial charge in [-0.25, -0.2) is 0 Å². The van der Waals surface area contributed by atoms with Crippen molar-refractivity contribution in [2.45, 2.75) is 120 Å². The van der Waals surface area contributed by atoms with Crippen LogP contribution in [-0.4, -0.2) is 39.6 Å². The van der Waals surface area contributed by atoms with Gasteiger partial charge in [0.15, 0.2) is 0 Å². The van der Waals surface area contributed by atoms with Gasteiger partial charge in [-0.05, 0) is 264 Å². The van der Waals surface area contributed by atoms with Crippen LogP contribution in [0.5, 0.6) is 34.5 Å². The van der Waals surface area contributed by atoms with Crippen LogP contribution in [0, 0.1) is 55.4 Å². The van der Waals surface area contributed by atoms with E-state index in [4.69, 9.17) is 32.8 Å². The van der Waals surface area contributed by atoms with Gasteiger partial charge in [0, 0.05) is 38.4 Å². The van der Waals surface area contributed by atoms with Crippen LogP contribution >= 0.6 is 0 Å². The molecule has 0 amide bonds. The molecule has 0 radical (unpaired) electrons. The van der Waals surface area contributed by atoms with Crippen molar-refractivity contribution >= 4 is 65.0 Å². The first-order valence-corrected chi connectivity index (χ1v) is 32.4. The zero-order valence-corrected chi connectivity index (χ0v) is 56.2. The lowest BCUT2D eigenvalue weighted by atomic mass is 9.91. The van der Waals surface area contributed by atoms with Crippen LogP contribution in [-0.2, 0) is 6.42 Å². The van der Waals surface area contributed by atoms with E-state index in [-0.39, 0.29) is 6.61 Å². The fourth-order valence-electron chi connectivity index (χ4n) is 11.3. The highest BCUT2D eigenvalue weighted by Crippen LogP contribution is 2.40. The van der Waals surface area contributed by atoms with Gasteiger partial charge >= 0.3 is 0 Å². The highest BCUT2D eigenvalue weighted by molar-refractivity contribution is 6.07. The number of furan rings is 1. The normalized spacial score (nSPS) is 10.8. The fourth-order valence-corrected chi connectivity index (χ4v) is 11.3. The van der Waals surface area contributed by atoms with Crippen LogP contribution in [0.1, 0.15) is 108 Å². The summed E-state index contributed by atoms with van der Waals surface area (Å²) >= 11 is 0. The Bertz CT molecular complexity index is 4120. The largest absolute Gasteiger partial charge is 0.493 e. The molecule has 0 saturated heterocycles. The van der Waals surface area contributed by atoms with E-state index >= 15 is 0 Å². The molecule has 486 valence electrons. The second kappa shape index (κ2) is 36.0. The van der Waals surface area contributed by atoms with Gasteiger partial charge < -0.3 is 32.8 Å². The Balaban J connectivity index is 0.000000176. The summed E-state index contributed by atoms with van der Waals surface area (Å²) in [5.41, 5.74) is 12.5. The monoisotopic (exact) mass is 1250 g/mol. The van der Waals surface area contributed by atoms with Gasteiger partial charge in [-0.1, -0.05) is 85.5 Å². The summed E-state index contributed by atoms with van der Waals surface area (Å²) in [4.78, 5) is 0. The molecule has 10 aromatic rings.